The van der Waals surface area contributed by atoms with Gasteiger partial charge in [0.2, 0.25) is 0 Å². The average Bonchev–Trinajstić information content (AvgIpc) is 1.82. The van der Waals surface area contributed by atoms with Gasteiger partial charge in [-0.05, 0) is 5.92 Å². The molecule has 0 amide bonds. The second kappa shape index (κ2) is 5.64. The van der Waals surface area contributed by atoms with Gasteiger partial charge in [0.25, 0.3) is 0 Å². The highest BCUT2D eigenvalue weighted by molar-refractivity contribution is 14.1. The van der Waals surface area contributed by atoms with Gasteiger partial charge in [0.1, 0.15) is 0 Å². The first-order valence-corrected chi connectivity index (χ1v) is 4.00. The molecule has 0 radical (unpaired) electrons. The third-order valence-corrected chi connectivity index (χ3v) is 1.06. The lowest BCUT2D eigenvalue weighted by Gasteiger charge is -2.02. The molecule has 0 aliphatic carbocycles. The van der Waals surface area contributed by atoms with E-state index in [4.69, 9.17) is 10.1 Å². The van der Waals surface area contributed by atoms with Gasteiger partial charge in [-0.2, -0.15) is 3.21 Å². The van der Waals surface area contributed by atoms with Crippen molar-refractivity contribution in [3.63, 3.8) is 0 Å². The average molecular weight is 254 g/mol. The van der Waals surface area contributed by atoms with E-state index < -0.39 is 0 Å². The summed E-state index contributed by atoms with van der Waals surface area (Å²) >= 11 is 1.80. The van der Waals surface area contributed by atoms with Crippen LogP contribution in [0.4, 0.5) is 0 Å². The lowest BCUT2D eigenvalue weighted by atomic mass is 10.1. The summed E-state index contributed by atoms with van der Waals surface area (Å²) in [5.41, 5.74) is 0. The monoisotopic (exact) mass is 254 g/mol. The van der Waals surface area contributed by atoms with Gasteiger partial charge in [-0.1, -0.05) is 13.8 Å². The zero-order chi connectivity index (χ0) is 7.98. The molecule has 0 aromatic rings. The Balaban J connectivity index is 3.44. The molecule has 0 saturated heterocycles. The van der Waals surface area contributed by atoms with E-state index >= 15 is 0 Å². The molecule has 0 aromatic carbocycles. The molecule has 0 heterocycles. The first-order valence-electron chi connectivity index (χ1n) is 3.03. The summed E-state index contributed by atoms with van der Waals surface area (Å²) in [7, 11) is 0. The van der Waals surface area contributed by atoms with Crippen molar-refractivity contribution in [3.05, 3.63) is 0 Å². The molecule has 0 unspecified atom stereocenters. The molecule has 10 heavy (non-hydrogen) atoms. The summed E-state index contributed by atoms with van der Waals surface area (Å²) in [5.74, 6) is 0.741. The molecule has 0 aliphatic rings. The number of halogens is 1. The van der Waals surface area contributed by atoms with Gasteiger partial charge >= 0.3 is 0 Å². The highest BCUT2D eigenvalue weighted by Crippen LogP contribution is 2.00. The zero-order valence-corrected chi connectivity index (χ0v) is 8.25. The van der Waals surface area contributed by atoms with E-state index in [2.05, 4.69) is 3.21 Å². The van der Waals surface area contributed by atoms with Crippen molar-refractivity contribution in [2.75, 3.05) is 0 Å². The van der Waals surface area contributed by atoms with Crippen LogP contribution >= 0.6 is 22.9 Å². The molecule has 58 valence electrons. The Bertz CT molecular complexity index is 134. The van der Waals surface area contributed by atoms with E-state index in [1.807, 2.05) is 13.8 Å². The zero-order valence-electron chi connectivity index (χ0n) is 6.10. The van der Waals surface area contributed by atoms with E-state index in [1.165, 1.54) is 6.40 Å². The van der Waals surface area contributed by atoms with Crippen molar-refractivity contribution in [2.24, 2.45) is 9.12 Å². The predicted octanol–water partition coefficient (Wildman–Crippen LogP) is 2.40. The lowest BCUT2D eigenvalue weighted by molar-refractivity contribution is 0.514. The Morgan fingerprint density at radius 2 is 2.40 bits per heavy atom. The standard InChI is InChI=1S/C6H11IN2O/c1-5(2)3-6(8)10-4-9-7/h4-5,8H,3H2,1-2H3/b8-6?,9-4-. The minimum atomic E-state index is 0.274. The lowest BCUT2D eigenvalue weighted by Crippen LogP contribution is -2.04. The molecule has 3 nitrogen and oxygen atoms in total. The van der Waals surface area contributed by atoms with E-state index in [0.717, 1.165) is 0 Å². The number of nitrogens with zero attached hydrogens (tertiary/aromatic N) is 1. The molecule has 0 bridgehead atoms. The molecule has 0 fully saturated rings. The molecule has 4 heteroatoms. The highest BCUT2D eigenvalue weighted by Gasteiger charge is 1.99. The number of hydrogen-bond donors (Lipinski definition) is 1. The Kier molecular flexibility index (Phi) is 5.57. The second-order valence-electron chi connectivity index (χ2n) is 2.34. The molecule has 0 rings (SSSR count). The van der Waals surface area contributed by atoms with Gasteiger partial charge in [0, 0.05) is 6.42 Å². The third-order valence-electron chi connectivity index (χ3n) is 0.828. The summed E-state index contributed by atoms with van der Waals surface area (Å²) in [6, 6.07) is 0. The Morgan fingerprint density at radius 3 is 2.80 bits per heavy atom. The number of hydrogen-bond acceptors (Lipinski definition) is 3. The molecule has 0 aliphatic heterocycles. The first kappa shape index (κ1) is 9.87. The summed E-state index contributed by atoms with van der Waals surface area (Å²) in [6.45, 7) is 4.08. The fraction of sp³-hybridized carbons (Fsp3) is 0.667. The van der Waals surface area contributed by atoms with Crippen LogP contribution in [0.3, 0.4) is 0 Å². The van der Waals surface area contributed by atoms with Crippen LogP contribution in [0.2, 0.25) is 0 Å². The van der Waals surface area contributed by atoms with E-state index in [9.17, 15) is 0 Å². The number of rotatable bonds is 3. The van der Waals surface area contributed by atoms with Gasteiger partial charge in [0.15, 0.2) is 12.3 Å². The van der Waals surface area contributed by atoms with Crippen LogP contribution in [0.25, 0.3) is 0 Å². The van der Waals surface area contributed by atoms with Crippen LogP contribution in [0.15, 0.2) is 3.21 Å². The van der Waals surface area contributed by atoms with Crippen molar-refractivity contribution in [1.82, 2.24) is 0 Å². The van der Waals surface area contributed by atoms with Crippen molar-refractivity contribution in [1.29, 1.82) is 5.41 Å². The summed E-state index contributed by atoms with van der Waals surface area (Å²) in [5, 5.41) is 7.21. The van der Waals surface area contributed by atoms with Crippen LogP contribution in [0.1, 0.15) is 20.3 Å². The molecule has 1 N–H and O–H groups in total. The molecule has 0 aromatic heterocycles. The smallest absolute Gasteiger partial charge is 0.189 e. The maximum Gasteiger partial charge on any atom is 0.189 e. The van der Waals surface area contributed by atoms with Crippen LogP contribution in [-0.4, -0.2) is 12.3 Å². The largest absolute Gasteiger partial charge is 0.432 e. The molecule has 0 atom stereocenters. The molecular weight excluding hydrogens is 243 g/mol. The quantitative estimate of drug-likeness (QED) is 0.469. The van der Waals surface area contributed by atoms with E-state index in [0.29, 0.717) is 12.3 Å². The van der Waals surface area contributed by atoms with Crippen LogP contribution < -0.4 is 0 Å². The normalized spacial score (nSPS) is 10.8. The van der Waals surface area contributed by atoms with Crippen molar-refractivity contribution in [2.45, 2.75) is 20.3 Å². The van der Waals surface area contributed by atoms with Gasteiger partial charge in [-0.25, -0.2) is 0 Å². The maximum absolute atomic E-state index is 7.21. The minimum absolute atomic E-state index is 0.274. The van der Waals surface area contributed by atoms with Gasteiger partial charge in [-0.15, -0.1) is 0 Å². The van der Waals surface area contributed by atoms with Crippen molar-refractivity contribution < 1.29 is 4.74 Å². The minimum Gasteiger partial charge on any atom is -0.432 e. The SMILES string of the molecule is CC(C)CC(=N)O/C=N\I. The first-order chi connectivity index (χ1) is 4.66. The van der Waals surface area contributed by atoms with Crippen molar-refractivity contribution >= 4 is 35.2 Å². The molecule has 0 saturated carbocycles. The second-order valence-corrected chi connectivity index (χ2v) is 2.90. The van der Waals surface area contributed by atoms with E-state index in [-0.39, 0.29) is 5.90 Å². The number of ether oxygens (including phenoxy) is 1. The summed E-state index contributed by atoms with van der Waals surface area (Å²) < 4.78 is 8.35. The Morgan fingerprint density at radius 1 is 1.80 bits per heavy atom. The third kappa shape index (κ3) is 6.00. The van der Waals surface area contributed by atoms with Gasteiger partial charge < -0.3 is 4.74 Å². The summed E-state index contributed by atoms with van der Waals surface area (Å²) in [6.07, 6.45) is 1.94. The van der Waals surface area contributed by atoms with Gasteiger partial charge in [-0.3, -0.25) is 5.41 Å². The maximum atomic E-state index is 7.21. The van der Waals surface area contributed by atoms with Crippen LogP contribution in [0.5, 0.6) is 0 Å². The predicted molar refractivity (Wildman–Crippen MR) is 50.8 cm³/mol. The fourth-order valence-corrected chi connectivity index (χ4v) is 0.616. The van der Waals surface area contributed by atoms with Crippen LogP contribution in [-0.2, 0) is 4.74 Å². The van der Waals surface area contributed by atoms with Crippen LogP contribution in [0, 0.1) is 11.3 Å². The fourth-order valence-electron chi connectivity index (χ4n) is 0.502. The molecular formula is C6H11IN2O. The summed E-state index contributed by atoms with van der Waals surface area (Å²) in [4.78, 5) is 0. The molecule has 0 spiro atoms. The van der Waals surface area contributed by atoms with E-state index in [1.54, 1.807) is 22.9 Å². The Labute approximate surface area is 74.9 Å². The topological polar surface area (TPSA) is 45.4 Å². The highest BCUT2D eigenvalue weighted by atomic mass is 127. The van der Waals surface area contributed by atoms with Crippen molar-refractivity contribution in [3.8, 4) is 0 Å². The number of nitrogens with one attached hydrogen (secondary N) is 1. The van der Waals surface area contributed by atoms with Gasteiger partial charge in [0.05, 0.1) is 22.9 Å². The Hall–Kier alpha value is -0.130.